The van der Waals surface area contributed by atoms with Gasteiger partial charge < -0.3 is 9.47 Å². The van der Waals surface area contributed by atoms with Crippen LogP contribution in [0, 0.1) is 5.92 Å². The second kappa shape index (κ2) is 5.56. The van der Waals surface area contributed by atoms with Crippen LogP contribution in [0.4, 0.5) is 5.82 Å². The van der Waals surface area contributed by atoms with Crippen LogP contribution in [0.15, 0.2) is 29.4 Å². The molecule has 2 bridgehead atoms. The van der Waals surface area contributed by atoms with E-state index in [0.29, 0.717) is 17.8 Å². The largest absolute Gasteiger partial charge is 0.497 e. The summed E-state index contributed by atoms with van der Waals surface area (Å²) < 4.78 is 11.5. The number of hydrogen-bond acceptors (Lipinski definition) is 7. The van der Waals surface area contributed by atoms with Crippen LogP contribution in [0.1, 0.15) is 12.8 Å². The maximum Gasteiger partial charge on any atom is 0.291 e. The minimum Gasteiger partial charge on any atom is -0.497 e. The zero-order valence-corrected chi connectivity index (χ0v) is 14.2. The van der Waals surface area contributed by atoms with Crippen molar-refractivity contribution in [2.24, 2.45) is 10.9 Å². The first-order valence-corrected chi connectivity index (χ1v) is 8.78. The molecule has 0 radical (unpaired) electrons. The van der Waals surface area contributed by atoms with Gasteiger partial charge in [-0.2, -0.15) is 0 Å². The van der Waals surface area contributed by atoms with Crippen LogP contribution < -0.4 is 10.1 Å². The molecule has 4 aliphatic rings. The number of anilines is 1. The van der Waals surface area contributed by atoms with E-state index >= 15 is 0 Å². The van der Waals surface area contributed by atoms with Gasteiger partial charge in [-0.15, -0.1) is 0 Å². The standard InChI is InChI=1S/C18H21N5O2/c1-24-13-2-3-14-15(8-13)21-16(9-19-14)22-17-20-10-18(25-17)11-23-6-4-12(18)5-7-23/h2-3,8-9,12H,4-7,10-11H2,1H3,(H,20,21,22). The van der Waals surface area contributed by atoms with E-state index in [1.807, 2.05) is 18.2 Å². The molecule has 7 heteroatoms. The highest BCUT2D eigenvalue weighted by molar-refractivity contribution is 5.90. The summed E-state index contributed by atoms with van der Waals surface area (Å²) in [5.74, 6) is 2.00. The van der Waals surface area contributed by atoms with Gasteiger partial charge in [0.15, 0.2) is 5.82 Å². The first-order chi connectivity index (χ1) is 12.2. The Morgan fingerprint density at radius 2 is 2.16 bits per heavy atom. The molecule has 3 saturated heterocycles. The second-order valence-electron chi connectivity index (χ2n) is 7.07. The maximum atomic E-state index is 6.29. The van der Waals surface area contributed by atoms with E-state index in [1.54, 1.807) is 13.3 Å². The summed E-state index contributed by atoms with van der Waals surface area (Å²) >= 11 is 0. The summed E-state index contributed by atoms with van der Waals surface area (Å²) in [4.78, 5) is 16.1. The fourth-order valence-corrected chi connectivity index (χ4v) is 4.24. The molecule has 5 heterocycles. The Labute approximate surface area is 146 Å². The van der Waals surface area contributed by atoms with E-state index in [1.165, 1.54) is 25.9 Å². The number of benzene rings is 1. The monoisotopic (exact) mass is 339 g/mol. The number of nitrogens with one attached hydrogen (secondary N) is 1. The van der Waals surface area contributed by atoms with Crippen molar-refractivity contribution in [3.63, 3.8) is 0 Å². The van der Waals surface area contributed by atoms with Gasteiger partial charge in [-0.05, 0) is 38.1 Å². The van der Waals surface area contributed by atoms with E-state index < -0.39 is 0 Å². The average Bonchev–Trinajstić information content (AvgIpc) is 3.04. The van der Waals surface area contributed by atoms with Crippen LogP contribution in [0.2, 0.25) is 0 Å². The Balaban J connectivity index is 1.35. The molecule has 1 spiro atoms. The van der Waals surface area contributed by atoms with Gasteiger partial charge in [-0.1, -0.05) is 0 Å². The predicted octanol–water partition coefficient (Wildman–Crippen LogP) is 1.90. The van der Waals surface area contributed by atoms with Gasteiger partial charge in [0.25, 0.3) is 6.02 Å². The first kappa shape index (κ1) is 14.9. The van der Waals surface area contributed by atoms with Gasteiger partial charge in [0.05, 0.1) is 30.9 Å². The summed E-state index contributed by atoms with van der Waals surface area (Å²) in [6.07, 6.45) is 4.12. The third-order valence-electron chi connectivity index (χ3n) is 5.60. The normalized spacial score (nSPS) is 30.4. The molecule has 7 nitrogen and oxygen atoms in total. The van der Waals surface area contributed by atoms with Crippen molar-refractivity contribution in [3.05, 3.63) is 24.4 Å². The topological polar surface area (TPSA) is 71.9 Å². The number of nitrogens with zero attached hydrogens (tertiary/aromatic N) is 4. The van der Waals surface area contributed by atoms with Crippen molar-refractivity contribution in [2.75, 3.05) is 38.6 Å². The molecule has 25 heavy (non-hydrogen) atoms. The lowest BCUT2D eigenvalue weighted by Crippen LogP contribution is -2.61. The molecule has 130 valence electrons. The van der Waals surface area contributed by atoms with E-state index in [9.17, 15) is 0 Å². The van der Waals surface area contributed by atoms with Crippen molar-refractivity contribution in [1.82, 2.24) is 14.9 Å². The van der Waals surface area contributed by atoms with Gasteiger partial charge in [-0.25, -0.2) is 9.98 Å². The summed E-state index contributed by atoms with van der Waals surface area (Å²) in [6.45, 7) is 4.09. The lowest BCUT2D eigenvalue weighted by molar-refractivity contribution is -0.0829. The number of methoxy groups -OCH3 is 1. The van der Waals surface area contributed by atoms with Crippen LogP contribution in [0.25, 0.3) is 11.0 Å². The van der Waals surface area contributed by atoms with E-state index in [-0.39, 0.29) is 5.60 Å². The molecule has 1 N–H and O–H groups in total. The summed E-state index contributed by atoms with van der Waals surface area (Å²) in [5, 5.41) is 3.20. The van der Waals surface area contributed by atoms with Crippen molar-refractivity contribution < 1.29 is 9.47 Å². The Morgan fingerprint density at radius 3 is 2.92 bits per heavy atom. The fourth-order valence-electron chi connectivity index (χ4n) is 4.24. The molecule has 1 aromatic heterocycles. The Morgan fingerprint density at radius 1 is 1.28 bits per heavy atom. The molecule has 1 aromatic carbocycles. The van der Waals surface area contributed by atoms with Crippen LogP contribution in [-0.4, -0.2) is 59.8 Å². The lowest BCUT2D eigenvalue weighted by atomic mass is 9.75. The smallest absolute Gasteiger partial charge is 0.291 e. The molecular weight excluding hydrogens is 318 g/mol. The number of fused-ring (bicyclic) bond motifs is 3. The Hall–Kier alpha value is -2.41. The zero-order chi connectivity index (χ0) is 16.9. The highest BCUT2D eigenvalue weighted by Crippen LogP contribution is 2.40. The number of hydrogen-bond donors (Lipinski definition) is 1. The van der Waals surface area contributed by atoms with Crippen molar-refractivity contribution in [1.29, 1.82) is 0 Å². The second-order valence-corrected chi connectivity index (χ2v) is 7.07. The van der Waals surface area contributed by atoms with Gasteiger partial charge in [0.1, 0.15) is 11.4 Å². The fraction of sp³-hybridized carbons (Fsp3) is 0.500. The third-order valence-corrected chi connectivity index (χ3v) is 5.60. The number of rotatable bonds is 2. The lowest BCUT2D eigenvalue weighted by Gasteiger charge is -2.50. The quantitative estimate of drug-likeness (QED) is 0.901. The maximum absolute atomic E-state index is 6.29. The SMILES string of the molecule is COc1ccc2ncc(NC3=NCC4(CN5CCC4CC5)O3)nc2c1. The third kappa shape index (κ3) is 2.50. The molecule has 1 atom stereocenters. The average molecular weight is 339 g/mol. The van der Waals surface area contributed by atoms with Crippen LogP contribution >= 0.6 is 0 Å². The molecule has 6 rings (SSSR count). The highest BCUT2D eigenvalue weighted by Gasteiger charge is 2.51. The minimum atomic E-state index is -0.146. The number of amidine groups is 1. The zero-order valence-electron chi connectivity index (χ0n) is 14.2. The number of ether oxygens (including phenoxy) is 2. The summed E-state index contributed by atoms with van der Waals surface area (Å²) in [5.41, 5.74) is 1.46. The van der Waals surface area contributed by atoms with E-state index in [2.05, 4.69) is 25.2 Å². The molecule has 3 fully saturated rings. The number of aromatic nitrogens is 2. The molecule has 1 unspecified atom stereocenters. The van der Waals surface area contributed by atoms with Gasteiger partial charge >= 0.3 is 0 Å². The molecule has 2 aromatic rings. The van der Waals surface area contributed by atoms with Gasteiger partial charge in [-0.3, -0.25) is 15.2 Å². The van der Waals surface area contributed by atoms with Crippen LogP contribution in [0.3, 0.4) is 0 Å². The first-order valence-electron chi connectivity index (χ1n) is 8.78. The van der Waals surface area contributed by atoms with Crippen molar-refractivity contribution in [2.45, 2.75) is 18.4 Å². The molecule has 0 aliphatic carbocycles. The van der Waals surface area contributed by atoms with Crippen LogP contribution in [-0.2, 0) is 4.74 Å². The van der Waals surface area contributed by atoms with Gasteiger partial charge in [0, 0.05) is 18.5 Å². The molecular formula is C18H21N5O2. The van der Waals surface area contributed by atoms with Crippen LogP contribution in [0.5, 0.6) is 5.75 Å². The molecule has 0 amide bonds. The van der Waals surface area contributed by atoms with E-state index in [0.717, 1.165) is 29.9 Å². The predicted molar refractivity (Wildman–Crippen MR) is 95.0 cm³/mol. The molecule has 0 saturated carbocycles. The number of aliphatic imine (C=N–C) groups is 1. The Bertz CT molecular complexity index is 846. The summed E-state index contributed by atoms with van der Waals surface area (Å²) in [6, 6.07) is 6.22. The van der Waals surface area contributed by atoms with E-state index in [4.69, 9.17) is 9.47 Å². The highest BCUT2D eigenvalue weighted by atomic mass is 16.5. The van der Waals surface area contributed by atoms with Crippen molar-refractivity contribution in [3.8, 4) is 5.75 Å². The molecule has 4 aliphatic heterocycles. The van der Waals surface area contributed by atoms with Crippen molar-refractivity contribution >= 4 is 22.9 Å². The van der Waals surface area contributed by atoms with Gasteiger partial charge in [0.2, 0.25) is 0 Å². The minimum absolute atomic E-state index is 0.146. The number of piperidine rings is 3. The Kier molecular flexibility index (Phi) is 3.31. The summed E-state index contributed by atoms with van der Waals surface area (Å²) in [7, 11) is 1.64.